The molecule has 0 saturated carbocycles. The molecule has 1 aromatic carbocycles. The molecule has 2 amide bonds. The van der Waals surface area contributed by atoms with Crippen molar-refractivity contribution in [2.75, 3.05) is 11.9 Å². The van der Waals surface area contributed by atoms with Crippen LogP contribution in [0.15, 0.2) is 23.1 Å². The lowest BCUT2D eigenvalue weighted by Gasteiger charge is -2.07. The number of rotatable bonds is 6. The SMILES string of the molecule is CCCNS(=O)(=O)c1ccc2c(c1)/C(=C\c1[nH]c(C)c(C(=O)NO)c1C)C(=O)N2. The number of aromatic nitrogens is 1. The van der Waals surface area contributed by atoms with Gasteiger partial charge in [-0.25, -0.2) is 18.6 Å². The van der Waals surface area contributed by atoms with Crippen molar-refractivity contribution in [3.05, 3.63) is 46.3 Å². The van der Waals surface area contributed by atoms with Crippen LogP contribution < -0.4 is 15.5 Å². The highest BCUT2D eigenvalue weighted by atomic mass is 32.2. The van der Waals surface area contributed by atoms with E-state index in [1.807, 2.05) is 6.92 Å². The number of hydrogen-bond donors (Lipinski definition) is 5. The Morgan fingerprint density at radius 3 is 2.66 bits per heavy atom. The molecule has 0 radical (unpaired) electrons. The standard InChI is InChI=1S/C19H22N4O5S/c1-4-7-20-29(27,28)12-5-6-15-13(8-12)14(18(24)22-15)9-16-10(2)17(11(3)21-16)19(25)23-26/h5-6,8-9,20-21,26H,4,7H2,1-3H3,(H,22,24)(H,23,25)/b14-9+. The number of aryl methyl sites for hydroxylation is 1. The van der Waals surface area contributed by atoms with Gasteiger partial charge in [-0.15, -0.1) is 0 Å². The van der Waals surface area contributed by atoms with Crippen LogP contribution in [0.4, 0.5) is 5.69 Å². The van der Waals surface area contributed by atoms with Crippen molar-refractivity contribution in [2.45, 2.75) is 32.1 Å². The van der Waals surface area contributed by atoms with Gasteiger partial charge in [0.25, 0.3) is 11.8 Å². The lowest BCUT2D eigenvalue weighted by molar-refractivity contribution is -0.110. The molecule has 29 heavy (non-hydrogen) atoms. The third kappa shape index (κ3) is 3.82. The van der Waals surface area contributed by atoms with Crippen molar-refractivity contribution in [3.8, 4) is 0 Å². The van der Waals surface area contributed by atoms with Gasteiger partial charge in [0, 0.05) is 29.2 Å². The Labute approximate surface area is 168 Å². The van der Waals surface area contributed by atoms with Crippen LogP contribution in [0.3, 0.4) is 0 Å². The first-order chi connectivity index (χ1) is 13.7. The van der Waals surface area contributed by atoms with E-state index in [-0.39, 0.29) is 21.9 Å². The average Bonchev–Trinajstić information content (AvgIpc) is 3.15. The summed E-state index contributed by atoms with van der Waals surface area (Å²) in [6, 6.07) is 4.43. The lowest BCUT2D eigenvalue weighted by Crippen LogP contribution is -2.24. The van der Waals surface area contributed by atoms with E-state index in [0.717, 1.165) is 0 Å². The summed E-state index contributed by atoms with van der Waals surface area (Å²) in [6.07, 6.45) is 2.22. The summed E-state index contributed by atoms with van der Waals surface area (Å²) in [5.74, 6) is -1.04. The number of carbonyl (C=O) groups excluding carboxylic acids is 2. The number of nitrogens with one attached hydrogen (secondary N) is 4. The van der Waals surface area contributed by atoms with Gasteiger partial charge >= 0.3 is 0 Å². The van der Waals surface area contributed by atoms with E-state index < -0.39 is 15.9 Å². The van der Waals surface area contributed by atoms with Crippen molar-refractivity contribution in [2.24, 2.45) is 0 Å². The fourth-order valence-corrected chi connectivity index (χ4v) is 4.42. The van der Waals surface area contributed by atoms with Crippen LogP contribution in [0.25, 0.3) is 11.6 Å². The fraction of sp³-hybridized carbons (Fsp3) is 0.263. The van der Waals surface area contributed by atoms with Crippen LogP contribution in [0.1, 0.15) is 46.2 Å². The fourth-order valence-electron chi connectivity index (χ4n) is 3.26. The zero-order valence-electron chi connectivity index (χ0n) is 16.2. The lowest BCUT2D eigenvalue weighted by atomic mass is 10.0. The summed E-state index contributed by atoms with van der Waals surface area (Å²) in [5, 5.41) is 11.6. The van der Waals surface area contributed by atoms with Gasteiger partial charge in [-0.2, -0.15) is 0 Å². The molecule has 10 heteroatoms. The van der Waals surface area contributed by atoms with Gasteiger partial charge in [-0.1, -0.05) is 6.92 Å². The molecule has 1 aromatic heterocycles. The zero-order chi connectivity index (χ0) is 21.3. The molecule has 0 fully saturated rings. The Kier molecular flexibility index (Phi) is 5.60. The molecule has 5 N–H and O–H groups in total. The molecule has 3 rings (SSSR count). The molecule has 0 atom stereocenters. The third-order valence-corrected chi connectivity index (χ3v) is 6.18. The van der Waals surface area contributed by atoms with Crippen LogP contribution in [-0.4, -0.2) is 37.0 Å². The number of hydroxylamine groups is 1. The summed E-state index contributed by atoms with van der Waals surface area (Å²) >= 11 is 0. The monoisotopic (exact) mass is 418 g/mol. The molecule has 0 bridgehead atoms. The second-order valence-electron chi connectivity index (χ2n) is 6.72. The number of hydrogen-bond acceptors (Lipinski definition) is 5. The Morgan fingerprint density at radius 1 is 1.28 bits per heavy atom. The van der Waals surface area contributed by atoms with Gasteiger partial charge in [0.2, 0.25) is 10.0 Å². The molecule has 0 spiro atoms. The Hall–Kier alpha value is -2.95. The quantitative estimate of drug-likeness (QED) is 0.277. The molecule has 1 aliphatic rings. The van der Waals surface area contributed by atoms with E-state index in [1.165, 1.54) is 12.1 Å². The van der Waals surface area contributed by atoms with Gasteiger partial charge in [-0.05, 0) is 50.1 Å². The first-order valence-electron chi connectivity index (χ1n) is 9.00. The summed E-state index contributed by atoms with van der Waals surface area (Å²) in [4.78, 5) is 27.4. The smallest absolute Gasteiger partial charge is 0.276 e. The van der Waals surface area contributed by atoms with Crippen molar-refractivity contribution in [1.82, 2.24) is 15.2 Å². The van der Waals surface area contributed by atoms with Gasteiger partial charge in [0.15, 0.2) is 0 Å². The van der Waals surface area contributed by atoms with E-state index in [2.05, 4.69) is 15.0 Å². The van der Waals surface area contributed by atoms with Crippen molar-refractivity contribution in [1.29, 1.82) is 0 Å². The van der Waals surface area contributed by atoms with Gasteiger partial charge in [-0.3, -0.25) is 14.8 Å². The third-order valence-electron chi connectivity index (χ3n) is 4.72. The van der Waals surface area contributed by atoms with Crippen molar-refractivity contribution >= 4 is 39.2 Å². The molecule has 0 unspecified atom stereocenters. The minimum absolute atomic E-state index is 0.0619. The van der Waals surface area contributed by atoms with Crippen LogP contribution in [0, 0.1) is 13.8 Å². The second-order valence-corrected chi connectivity index (χ2v) is 8.49. The van der Waals surface area contributed by atoms with E-state index >= 15 is 0 Å². The van der Waals surface area contributed by atoms with E-state index in [9.17, 15) is 18.0 Å². The van der Waals surface area contributed by atoms with Gasteiger partial charge in [0.1, 0.15) is 0 Å². The second kappa shape index (κ2) is 7.82. The molecule has 0 saturated heterocycles. The summed E-state index contributed by atoms with van der Waals surface area (Å²) in [5.41, 5.74) is 4.70. The maximum Gasteiger partial charge on any atom is 0.276 e. The Balaban J connectivity index is 2.07. The number of carbonyl (C=O) groups is 2. The topological polar surface area (TPSA) is 140 Å². The van der Waals surface area contributed by atoms with Crippen LogP contribution in [0.2, 0.25) is 0 Å². The van der Waals surface area contributed by atoms with Crippen LogP contribution in [0.5, 0.6) is 0 Å². The largest absolute Gasteiger partial charge is 0.358 e. The van der Waals surface area contributed by atoms with Crippen LogP contribution in [-0.2, 0) is 14.8 Å². The molecule has 1 aliphatic heterocycles. The maximum absolute atomic E-state index is 12.5. The van der Waals surface area contributed by atoms with Crippen molar-refractivity contribution < 1.29 is 23.2 Å². The zero-order valence-corrected chi connectivity index (χ0v) is 17.0. The van der Waals surface area contributed by atoms with Gasteiger partial charge < -0.3 is 10.3 Å². The Bertz CT molecular complexity index is 1130. The highest BCUT2D eigenvalue weighted by Crippen LogP contribution is 2.35. The first kappa shape index (κ1) is 20.8. The Morgan fingerprint density at radius 2 is 2.00 bits per heavy atom. The normalized spacial score (nSPS) is 14.8. The van der Waals surface area contributed by atoms with Crippen molar-refractivity contribution in [3.63, 3.8) is 0 Å². The predicted molar refractivity (Wildman–Crippen MR) is 108 cm³/mol. The number of anilines is 1. The van der Waals surface area contributed by atoms with E-state index in [1.54, 1.807) is 31.5 Å². The number of benzene rings is 1. The minimum atomic E-state index is -3.69. The number of amides is 2. The molecule has 2 heterocycles. The number of sulfonamides is 1. The molecule has 154 valence electrons. The van der Waals surface area contributed by atoms with E-state index in [0.29, 0.717) is 41.2 Å². The van der Waals surface area contributed by atoms with Crippen LogP contribution >= 0.6 is 0 Å². The first-order valence-corrected chi connectivity index (χ1v) is 10.5. The number of H-pyrrole nitrogens is 1. The predicted octanol–water partition coefficient (Wildman–Crippen LogP) is 1.93. The number of aromatic amines is 1. The highest BCUT2D eigenvalue weighted by Gasteiger charge is 2.27. The molecule has 2 aromatic rings. The van der Waals surface area contributed by atoms with Gasteiger partial charge in [0.05, 0.1) is 16.0 Å². The summed E-state index contributed by atoms with van der Waals surface area (Å²) in [7, 11) is -3.69. The summed E-state index contributed by atoms with van der Waals surface area (Å²) < 4.78 is 27.4. The summed E-state index contributed by atoms with van der Waals surface area (Å²) in [6.45, 7) is 5.53. The average molecular weight is 418 g/mol. The molecular weight excluding hydrogens is 396 g/mol. The molecular formula is C19H22N4O5S. The highest BCUT2D eigenvalue weighted by molar-refractivity contribution is 7.89. The number of fused-ring (bicyclic) bond motifs is 1. The maximum atomic E-state index is 12.5. The molecule has 9 nitrogen and oxygen atoms in total. The van der Waals surface area contributed by atoms with E-state index in [4.69, 9.17) is 5.21 Å². The molecule has 0 aliphatic carbocycles. The minimum Gasteiger partial charge on any atom is -0.358 e.